The third-order valence-electron chi connectivity index (χ3n) is 3.56. The Morgan fingerprint density at radius 2 is 1.92 bits per heavy atom. The van der Waals surface area contributed by atoms with Crippen molar-refractivity contribution >= 4 is 29.9 Å². The van der Waals surface area contributed by atoms with Crippen LogP contribution < -0.4 is 10.6 Å². The van der Waals surface area contributed by atoms with E-state index in [4.69, 9.17) is 0 Å². The number of aliphatic imine (C=N–C) groups is 1. The Morgan fingerprint density at radius 1 is 1.17 bits per heavy atom. The summed E-state index contributed by atoms with van der Waals surface area (Å²) in [4.78, 5) is 4.23. The molecule has 0 spiro atoms. The van der Waals surface area contributed by atoms with Crippen LogP contribution in [-0.4, -0.2) is 45.7 Å². The van der Waals surface area contributed by atoms with Crippen molar-refractivity contribution in [1.82, 2.24) is 30.2 Å². The molecule has 0 unspecified atom stereocenters. The van der Waals surface area contributed by atoms with E-state index in [9.17, 15) is 0 Å². The molecule has 2 rings (SSSR count). The average Bonchev–Trinajstić information content (AvgIpc) is 3.07. The van der Waals surface area contributed by atoms with Crippen molar-refractivity contribution in [2.24, 2.45) is 4.99 Å². The van der Waals surface area contributed by atoms with Crippen LogP contribution in [0.15, 0.2) is 23.5 Å². The van der Waals surface area contributed by atoms with Crippen LogP contribution in [0.25, 0.3) is 0 Å². The van der Waals surface area contributed by atoms with Crippen LogP contribution in [-0.2, 0) is 13.1 Å². The Labute approximate surface area is 160 Å². The zero-order valence-electron chi connectivity index (χ0n) is 14.9. The Balaban J connectivity index is 0.00000288. The second-order valence-electron chi connectivity index (χ2n) is 5.71. The Morgan fingerprint density at radius 3 is 2.50 bits per heavy atom. The summed E-state index contributed by atoms with van der Waals surface area (Å²) in [6, 6.07) is 2.10. The van der Waals surface area contributed by atoms with Crippen LogP contribution in [0.5, 0.6) is 0 Å². The van der Waals surface area contributed by atoms with E-state index in [2.05, 4.69) is 38.8 Å². The fraction of sp³-hybridized carbons (Fsp3) is 0.562. The van der Waals surface area contributed by atoms with Gasteiger partial charge in [0.2, 0.25) is 0 Å². The van der Waals surface area contributed by atoms with Gasteiger partial charge in [-0.05, 0) is 38.8 Å². The molecule has 0 aliphatic heterocycles. The Hall–Kier alpha value is -1.58. The van der Waals surface area contributed by atoms with Gasteiger partial charge in [-0.25, -0.2) is 0 Å². The SMILES string of the molecule is CN=C(NCCCn1nc(C)cc1C)NCCn1cc(C)cn1.I. The summed E-state index contributed by atoms with van der Waals surface area (Å²) in [5, 5.41) is 15.4. The van der Waals surface area contributed by atoms with Gasteiger partial charge >= 0.3 is 0 Å². The maximum absolute atomic E-state index is 4.47. The van der Waals surface area contributed by atoms with E-state index in [0.29, 0.717) is 0 Å². The molecule has 0 aliphatic carbocycles. The first-order chi connectivity index (χ1) is 11.1. The normalized spacial score (nSPS) is 11.2. The minimum Gasteiger partial charge on any atom is -0.356 e. The van der Waals surface area contributed by atoms with Gasteiger partial charge in [-0.3, -0.25) is 14.4 Å². The number of nitrogens with one attached hydrogen (secondary N) is 2. The second kappa shape index (κ2) is 10.3. The molecule has 0 fully saturated rings. The van der Waals surface area contributed by atoms with E-state index >= 15 is 0 Å². The molecule has 2 heterocycles. The van der Waals surface area contributed by atoms with Crippen molar-refractivity contribution in [3.63, 3.8) is 0 Å². The first-order valence-corrected chi connectivity index (χ1v) is 8.03. The van der Waals surface area contributed by atoms with Gasteiger partial charge < -0.3 is 10.6 Å². The van der Waals surface area contributed by atoms with Crippen LogP contribution in [0, 0.1) is 20.8 Å². The highest BCUT2D eigenvalue weighted by Crippen LogP contribution is 2.02. The van der Waals surface area contributed by atoms with Gasteiger partial charge in [0.25, 0.3) is 0 Å². The molecule has 0 saturated heterocycles. The minimum absolute atomic E-state index is 0. The van der Waals surface area contributed by atoms with Crippen molar-refractivity contribution < 1.29 is 0 Å². The lowest BCUT2D eigenvalue weighted by Crippen LogP contribution is -2.39. The predicted octanol–water partition coefficient (Wildman–Crippen LogP) is 1.88. The van der Waals surface area contributed by atoms with Crippen molar-refractivity contribution in [3.8, 4) is 0 Å². The molecule has 0 saturated carbocycles. The molecule has 2 N–H and O–H groups in total. The molecule has 0 radical (unpaired) electrons. The lowest BCUT2D eigenvalue weighted by molar-refractivity contribution is 0.552. The fourth-order valence-corrected chi connectivity index (χ4v) is 2.44. The number of guanidine groups is 1. The van der Waals surface area contributed by atoms with Crippen molar-refractivity contribution in [2.75, 3.05) is 20.1 Å². The highest BCUT2D eigenvalue weighted by molar-refractivity contribution is 14.0. The fourth-order valence-electron chi connectivity index (χ4n) is 2.44. The highest BCUT2D eigenvalue weighted by atomic mass is 127. The number of nitrogens with zero attached hydrogens (tertiary/aromatic N) is 5. The molecule has 0 amide bonds. The monoisotopic (exact) mass is 445 g/mol. The van der Waals surface area contributed by atoms with Crippen molar-refractivity contribution in [2.45, 2.75) is 40.3 Å². The maximum atomic E-state index is 4.47. The quantitative estimate of drug-likeness (QED) is 0.296. The summed E-state index contributed by atoms with van der Waals surface area (Å²) in [6.07, 6.45) is 4.90. The minimum atomic E-state index is 0. The molecular weight excluding hydrogens is 417 g/mol. The number of halogens is 1. The molecule has 0 aliphatic rings. The lowest BCUT2D eigenvalue weighted by atomic mass is 10.4. The van der Waals surface area contributed by atoms with Gasteiger partial charge in [0, 0.05) is 38.6 Å². The Bertz CT molecular complexity index is 645. The smallest absolute Gasteiger partial charge is 0.191 e. The number of hydrogen-bond acceptors (Lipinski definition) is 3. The van der Waals surface area contributed by atoms with Crippen LogP contribution in [0.1, 0.15) is 23.4 Å². The average molecular weight is 445 g/mol. The summed E-state index contributed by atoms with van der Waals surface area (Å²) in [6.45, 7) is 9.54. The first-order valence-electron chi connectivity index (χ1n) is 8.03. The third-order valence-corrected chi connectivity index (χ3v) is 3.56. The van der Waals surface area contributed by atoms with Crippen LogP contribution in [0.2, 0.25) is 0 Å². The van der Waals surface area contributed by atoms with Crippen LogP contribution in [0.3, 0.4) is 0 Å². The highest BCUT2D eigenvalue weighted by Gasteiger charge is 2.01. The Kier molecular flexibility index (Phi) is 8.80. The summed E-state index contributed by atoms with van der Waals surface area (Å²) in [7, 11) is 1.79. The molecule has 134 valence electrons. The van der Waals surface area contributed by atoms with Crippen molar-refractivity contribution in [1.29, 1.82) is 0 Å². The van der Waals surface area contributed by atoms with Gasteiger partial charge in [0.05, 0.1) is 18.4 Å². The molecular formula is C16H28IN7. The predicted molar refractivity (Wildman–Crippen MR) is 108 cm³/mol. The van der Waals surface area contributed by atoms with E-state index in [1.807, 2.05) is 35.6 Å². The molecule has 0 bridgehead atoms. The molecule has 8 heteroatoms. The van der Waals surface area contributed by atoms with Gasteiger partial charge in [-0.15, -0.1) is 24.0 Å². The second-order valence-corrected chi connectivity index (χ2v) is 5.71. The first kappa shape index (κ1) is 20.5. The van der Waals surface area contributed by atoms with E-state index < -0.39 is 0 Å². The van der Waals surface area contributed by atoms with E-state index in [0.717, 1.165) is 44.3 Å². The standard InChI is InChI=1S/C16H27N7.HI/c1-13-11-20-22(12-13)9-7-19-16(17-4)18-6-5-8-23-15(3)10-14(2)21-23;/h10-12H,5-9H2,1-4H3,(H2,17,18,19);1H. The van der Waals surface area contributed by atoms with Gasteiger partial charge in [0.1, 0.15) is 0 Å². The molecule has 2 aromatic heterocycles. The molecule has 7 nitrogen and oxygen atoms in total. The van der Waals surface area contributed by atoms with E-state index in [-0.39, 0.29) is 24.0 Å². The van der Waals surface area contributed by atoms with Gasteiger partial charge in [-0.2, -0.15) is 10.2 Å². The summed E-state index contributed by atoms with van der Waals surface area (Å²) in [5.74, 6) is 0.822. The van der Waals surface area contributed by atoms with Gasteiger partial charge in [-0.1, -0.05) is 0 Å². The maximum Gasteiger partial charge on any atom is 0.191 e. The van der Waals surface area contributed by atoms with Gasteiger partial charge in [0.15, 0.2) is 5.96 Å². The van der Waals surface area contributed by atoms with E-state index in [1.165, 1.54) is 11.3 Å². The number of aryl methyl sites for hydroxylation is 4. The van der Waals surface area contributed by atoms with Crippen LogP contribution >= 0.6 is 24.0 Å². The zero-order valence-corrected chi connectivity index (χ0v) is 17.2. The number of rotatable bonds is 7. The summed E-state index contributed by atoms with van der Waals surface area (Å²) < 4.78 is 3.98. The largest absolute Gasteiger partial charge is 0.356 e. The summed E-state index contributed by atoms with van der Waals surface area (Å²) >= 11 is 0. The number of aromatic nitrogens is 4. The molecule has 0 aromatic carbocycles. The third kappa shape index (κ3) is 6.50. The topological polar surface area (TPSA) is 72.1 Å². The summed E-state index contributed by atoms with van der Waals surface area (Å²) in [5.41, 5.74) is 3.46. The van der Waals surface area contributed by atoms with Crippen LogP contribution in [0.4, 0.5) is 0 Å². The van der Waals surface area contributed by atoms with Crippen molar-refractivity contribution in [3.05, 3.63) is 35.4 Å². The lowest BCUT2D eigenvalue weighted by Gasteiger charge is -2.12. The molecule has 24 heavy (non-hydrogen) atoms. The van der Waals surface area contributed by atoms with E-state index in [1.54, 1.807) is 7.05 Å². The zero-order chi connectivity index (χ0) is 16.7. The molecule has 0 atom stereocenters. The molecule has 2 aromatic rings. The number of hydrogen-bond donors (Lipinski definition) is 2.